The first-order valence-corrected chi connectivity index (χ1v) is 5.96. The summed E-state index contributed by atoms with van der Waals surface area (Å²) in [4.78, 5) is 4.14. The van der Waals surface area contributed by atoms with E-state index in [1.165, 1.54) is 11.3 Å². The molecule has 2 rings (SSSR count). The number of aromatic nitrogens is 1. The maximum absolute atomic E-state index is 13.2. The van der Waals surface area contributed by atoms with Crippen molar-refractivity contribution in [2.24, 2.45) is 0 Å². The van der Waals surface area contributed by atoms with E-state index in [-0.39, 0.29) is 4.90 Å². The molecule has 0 spiro atoms. The van der Waals surface area contributed by atoms with Crippen molar-refractivity contribution in [2.75, 3.05) is 0 Å². The van der Waals surface area contributed by atoms with Gasteiger partial charge in [0.2, 0.25) is 0 Å². The van der Waals surface area contributed by atoms with E-state index in [0.717, 1.165) is 30.0 Å². The highest BCUT2D eigenvalue weighted by Crippen LogP contribution is 2.33. The Bertz CT molecular complexity index is 487. The van der Waals surface area contributed by atoms with Crippen LogP contribution in [0.3, 0.4) is 0 Å². The highest BCUT2D eigenvalue weighted by atomic mass is 35.5. The van der Waals surface area contributed by atoms with Crippen LogP contribution in [-0.4, -0.2) is 4.98 Å². The third-order valence-corrected chi connectivity index (χ3v) is 3.84. The molecular formula is C9H4ClF2NS2. The van der Waals surface area contributed by atoms with Crippen molar-refractivity contribution in [3.8, 4) is 0 Å². The molecule has 0 atom stereocenters. The lowest BCUT2D eigenvalue weighted by molar-refractivity contribution is 0.577. The quantitative estimate of drug-likeness (QED) is 0.804. The normalized spacial score (nSPS) is 10.6. The summed E-state index contributed by atoms with van der Waals surface area (Å²) >= 11 is 7.96. The lowest BCUT2D eigenvalue weighted by Crippen LogP contribution is -1.82. The van der Waals surface area contributed by atoms with Gasteiger partial charge in [-0.15, -0.1) is 11.3 Å². The Hall–Kier alpha value is -0.650. The Morgan fingerprint density at radius 2 is 2.13 bits per heavy atom. The third kappa shape index (κ3) is 2.68. The van der Waals surface area contributed by atoms with E-state index in [1.54, 1.807) is 5.38 Å². The van der Waals surface area contributed by atoms with Crippen LogP contribution in [0.4, 0.5) is 8.78 Å². The van der Waals surface area contributed by atoms with E-state index >= 15 is 0 Å². The molecule has 0 unspecified atom stereocenters. The van der Waals surface area contributed by atoms with Crippen LogP contribution in [-0.2, 0) is 0 Å². The molecule has 0 aliphatic heterocycles. The summed E-state index contributed by atoms with van der Waals surface area (Å²) in [5.41, 5.74) is 0. The Morgan fingerprint density at radius 3 is 2.80 bits per heavy atom. The minimum absolute atomic E-state index is 0.209. The fraction of sp³-hybridized carbons (Fsp3) is 0. The molecule has 78 valence electrons. The van der Waals surface area contributed by atoms with E-state index in [2.05, 4.69) is 4.98 Å². The molecule has 0 saturated heterocycles. The number of hydrogen-bond donors (Lipinski definition) is 0. The van der Waals surface area contributed by atoms with Gasteiger partial charge in [-0.05, 0) is 18.2 Å². The second kappa shape index (κ2) is 4.47. The lowest BCUT2D eigenvalue weighted by Gasteiger charge is -1.99. The third-order valence-electron chi connectivity index (χ3n) is 1.55. The topological polar surface area (TPSA) is 12.9 Å². The Morgan fingerprint density at radius 1 is 1.33 bits per heavy atom. The first-order valence-electron chi connectivity index (χ1n) is 3.89. The molecule has 0 aliphatic rings. The summed E-state index contributed by atoms with van der Waals surface area (Å²) in [5, 5.41) is 2.00. The summed E-state index contributed by atoms with van der Waals surface area (Å²) in [5.74, 6) is -0.936. The molecule has 0 saturated carbocycles. The first kappa shape index (κ1) is 10.9. The van der Waals surface area contributed by atoms with Crippen LogP contribution >= 0.6 is 34.7 Å². The number of nitrogens with zero attached hydrogens (tertiary/aromatic N) is 1. The van der Waals surface area contributed by atoms with Crippen molar-refractivity contribution in [1.82, 2.24) is 4.98 Å². The molecule has 0 aliphatic carbocycles. The average molecular weight is 264 g/mol. The van der Waals surface area contributed by atoms with Gasteiger partial charge in [-0.25, -0.2) is 13.8 Å². The molecule has 15 heavy (non-hydrogen) atoms. The van der Waals surface area contributed by atoms with E-state index in [1.807, 2.05) is 0 Å². The van der Waals surface area contributed by atoms with Crippen molar-refractivity contribution in [2.45, 2.75) is 9.24 Å². The summed E-state index contributed by atoms with van der Waals surface area (Å²) in [6, 6.07) is 3.30. The predicted octanol–water partition coefficient (Wildman–Crippen LogP) is 4.23. The van der Waals surface area contributed by atoms with Crippen LogP contribution in [0.1, 0.15) is 0 Å². The van der Waals surface area contributed by atoms with E-state index in [4.69, 9.17) is 11.6 Å². The van der Waals surface area contributed by atoms with Gasteiger partial charge in [-0.3, -0.25) is 0 Å². The van der Waals surface area contributed by atoms with E-state index in [9.17, 15) is 8.78 Å². The molecule has 0 bridgehead atoms. The summed E-state index contributed by atoms with van der Waals surface area (Å²) in [6.45, 7) is 0. The number of halogens is 3. The molecular weight excluding hydrogens is 260 g/mol. The first-order chi connectivity index (χ1) is 7.15. The van der Waals surface area contributed by atoms with Gasteiger partial charge in [-0.1, -0.05) is 23.4 Å². The lowest BCUT2D eigenvalue weighted by atomic mass is 10.3. The van der Waals surface area contributed by atoms with Crippen molar-refractivity contribution in [3.05, 3.63) is 40.4 Å². The van der Waals surface area contributed by atoms with Crippen LogP contribution in [0.5, 0.6) is 0 Å². The van der Waals surface area contributed by atoms with Crippen molar-refractivity contribution < 1.29 is 8.78 Å². The van der Waals surface area contributed by atoms with Gasteiger partial charge >= 0.3 is 0 Å². The Balaban J connectivity index is 2.27. The minimum Gasteiger partial charge on any atom is -0.218 e. The zero-order chi connectivity index (χ0) is 10.8. The summed E-state index contributed by atoms with van der Waals surface area (Å²) in [7, 11) is 0. The molecule has 0 radical (unpaired) electrons. The van der Waals surface area contributed by atoms with Gasteiger partial charge < -0.3 is 0 Å². The van der Waals surface area contributed by atoms with Crippen molar-refractivity contribution in [3.63, 3.8) is 0 Å². The SMILES string of the molecule is Fc1ccc(F)c(Sc2nc(Cl)cs2)c1. The number of rotatable bonds is 2. The predicted molar refractivity (Wildman–Crippen MR) is 57.6 cm³/mol. The molecule has 6 heteroatoms. The number of hydrogen-bond acceptors (Lipinski definition) is 3. The monoisotopic (exact) mass is 263 g/mol. The zero-order valence-electron chi connectivity index (χ0n) is 7.21. The van der Waals surface area contributed by atoms with Crippen molar-refractivity contribution in [1.29, 1.82) is 0 Å². The van der Waals surface area contributed by atoms with Gasteiger partial charge in [0.25, 0.3) is 0 Å². The Labute approximate surface area is 98.1 Å². The van der Waals surface area contributed by atoms with Crippen LogP contribution in [0.15, 0.2) is 32.8 Å². The second-order valence-electron chi connectivity index (χ2n) is 2.61. The standard InChI is InChI=1S/C9H4ClF2NS2/c10-8-4-14-9(13-8)15-7-3-5(11)1-2-6(7)12/h1-4H. The van der Waals surface area contributed by atoms with Crippen molar-refractivity contribution >= 4 is 34.7 Å². The molecule has 1 aromatic carbocycles. The van der Waals surface area contributed by atoms with Crippen LogP contribution in [0, 0.1) is 11.6 Å². The smallest absolute Gasteiger partial charge is 0.156 e. The molecule has 1 aromatic heterocycles. The molecule has 1 nitrogen and oxygen atoms in total. The van der Waals surface area contributed by atoms with E-state index in [0.29, 0.717) is 9.49 Å². The Kier molecular flexibility index (Phi) is 3.23. The average Bonchev–Trinajstić information content (AvgIpc) is 2.58. The van der Waals surface area contributed by atoms with Gasteiger partial charge in [0.05, 0.1) is 4.90 Å². The fourth-order valence-electron chi connectivity index (χ4n) is 0.935. The second-order valence-corrected chi connectivity index (χ2v) is 5.15. The van der Waals surface area contributed by atoms with Crippen LogP contribution < -0.4 is 0 Å². The summed E-state index contributed by atoms with van der Waals surface area (Å²) in [6.07, 6.45) is 0. The molecule has 0 amide bonds. The fourth-order valence-corrected chi connectivity index (χ4v) is 2.93. The molecule has 2 aromatic rings. The summed E-state index contributed by atoms with van der Waals surface area (Å²) < 4.78 is 26.6. The van der Waals surface area contributed by atoms with Gasteiger partial charge in [-0.2, -0.15) is 0 Å². The van der Waals surface area contributed by atoms with Gasteiger partial charge in [0, 0.05) is 5.38 Å². The molecule has 1 heterocycles. The maximum Gasteiger partial charge on any atom is 0.156 e. The largest absolute Gasteiger partial charge is 0.218 e. The minimum atomic E-state index is -0.471. The van der Waals surface area contributed by atoms with Gasteiger partial charge in [0.15, 0.2) is 4.34 Å². The van der Waals surface area contributed by atoms with Crippen LogP contribution in [0.25, 0.3) is 0 Å². The van der Waals surface area contributed by atoms with Gasteiger partial charge in [0.1, 0.15) is 16.8 Å². The number of benzene rings is 1. The molecule has 0 fully saturated rings. The van der Waals surface area contributed by atoms with Crippen LogP contribution in [0.2, 0.25) is 5.15 Å². The zero-order valence-corrected chi connectivity index (χ0v) is 9.60. The highest BCUT2D eigenvalue weighted by molar-refractivity contribution is 8.01. The van der Waals surface area contributed by atoms with E-state index < -0.39 is 11.6 Å². The number of thiazole rings is 1. The molecule has 0 N–H and O–H groups in total. The highest BCUT2D eigenvalue weighted by Gasteiger charge is 2.08. The maximum atomic E-state index is 13.2.